The smallest absolute Gasteiger partial charge is 0.124 e. The van der Waals surface area contributed by atoms with Gasteiger partial charge in [-0.1, -0.05) is 51.3 Å². The maximum Gasteiger partial charge on any atom is 0.124 e. The molecule has 100 valence electrons. The molecule has 0 aliphatic rings. The van der Waals surface area contributed by atoms with Gasteiger partial charge in [0.2, 0.25) is 0 Å². The van der Waals surface area contributed by atoms with Crippen LogP contribution in [0.5, 0.6) is 0 Å². The Morgan fingerprint density at radius 1 is 1.05 bits per heavy atom. The molecule has 1 nitrogen and oxygen atoms in total. The second kappa shape index (κ2) is 5.85. The molecule has 0 saturated heterocycles. The summed E-state index contributed by atoms with van der Waals surface area (Å²) in [5.41, 5.74) is 4.68. The third-order valence-electron chi connectivity index (χ3n) is 3.14. The van der Waals surface area contributed by atoms with E-state index in [1.807, 2.05) is 13.1 Å². The number of halogens is 2. The maximum atomic E-state index is 13.2. The van der Waals surface area contributed by atoms with Gasteiger partial charge in [0, 0.05) is 4.47 Å². The predicted octanol–water partition coefficient (Wildman–Crippen LogP) is 4.51. The van der Waals surface area contributed by atoms with Crippen molar-refractivity contribution < 1.29 is 4.39 Å². The van der Waals surface area contributed by atoms with Crippen LogP contribution in [0.2, 0.25) is 0 Å². The summed E-state index contributed by atoms with van der Waals surface area (Å²) in [7, 11) is 1.91. The highest BCUT2D eigenvalue weighted by molar-refractivity contribution is 9.10. The highest BCUT2D eigenvalue weighted by Crippen LogP contribution is 2.30. The molecular formula is C16H17BrFN. The van der Waals surface area contributed by atoms with Gasteiger partial charge in [-0.15, -0.1) is 0 Å². The SMILES string of the molecule is CNC(c1cc(C)cc(C)c1)c1ccc(F)cc1Br. The average molecular weight is 322 g/mol. The Balaban J connectivity index is 2.49. The molecule has 0 saturated carbocycles. The summed E-state index contributed by atoms with van der Waals surface area (Å²) >= 11 is 3.44. The lowest BCUT2D eigenvalue weighted by Crippen LogP contribution is -2.18. The van der Waals surface area contributed by atoms with Crippen LogP contribution < -0.4 is 5.32 Å². The molecule has 3 heteroatoms. The van der Waals surface area contributed by atoms with Crippen LogP contribution in [0, 0.1) is 19.7 Å². The molecule has 2 rings (SSSR count). The number of rotatable bonds is 3. The zero-order valence-corrected chi connectivity index (χ0v) is 12.9. The van der Waals surface area contributed by atoms with Crippen molar-refractivity contribution in [3.05, 3.63) is 68.9 Å². The predicted molar refractivity (Wildman–Crippen MR) is 80.9 cm³/mol. The maximum absolute atomic E-state index is 13.2. The molecule has 0 aromatic heterocycles. The van der Waals surface area contributed by atoms with E-state index in [-0.39, 0.29) is 11.9 Å². The van der Waals surface area contributed by atoms with E-state index in [1.54, 1.807) is 0 Å². The molecule has 0 aliphatic heterocycles. The Hall–Kier alpha value is -1.19. The highest BCUT2D eigenvalue weighted by Gasteiger charge is 2.15. The van der Waals surface area contributed by atoms with E-state index >= 15 is 0 Å². The highest BCUT2D eigenvalue weighted by atomic mass is 79.9. The molecule has 0 radical (unpaired) electrons. The second-order valence-corrected chi connectivity index (χ2v) is 5.66. The van der Waals surface area contributed by atoms with Crippen LogP contribution in [-0.4, -0.2) is 7.05 Å². The van der Waals surface area contributed by atoms with Gasteiger partial charge in [-0.3, -0.25) is 0 Å². The first kappa shape index (κ1) is 14.2. The lowest BCUT2D eigenvalue weighted by atomic mass is 9.96. The molecule has 2 aromatic carbocycles. The van der Waals surface area contributed by atoms with E-state index in [2.05, 4.69) is 53.3 Å². The van der Waals surface area contributed by atoms with Crippen molar-refractivity contribution in [1.29, 1.82) is 0 Å². The number of benzene rings is 2. The van der Waals surface area contributed by atoms with E-state index in [4.69, 9.17) is 0 Å². The van der Waals surface area contributed by atoms with Gasteiger partial charge < -0.3 is 5.32 Å². The lowest BCUT2D eigenvalue weighted by Gasteiger charge is -2.20. The van der Waals surface area contributed by atoms with Gasteiger partial charge in [0.25, 0.3) is 0 Å². The molecule has 1 unspecified atom stereocenters. The molecule has 19 heavy (non-hydrogen) atoms. The molecular weight excluding hydrogens is 305 g/mol. The summed E-state index contributed by atoms with van der Waals surface area (Å²) in [6.45, 7) is 4.17. The average Bonchev–Trinajstić information content (AvgIpc) is 2.31. The summed E-state index contributed by atoms with van der Waals surface area (Å²) in [4.78, 5) is 0. The van der Waals surface area contributed by atoms with E-state index in [1.165, 1.54) is 28.8 Å². The summed E-state index contributed by atoms with van der Waals surface area (Å²) < 4.78 is 14.0. The van der Waals surface area contributed by atoms with Gasteiger partial charge in [0.15, 0.2) is 0 Å². The van der Waals surface area contributed by atoms with Crippen LogP contribution >= 0.6 is 15.9 Å². The molecule has 1 atom stereocenters. The van der Waals surface area contributed by atoms with Crippen LogP contribution in [-0.2, 0) is 0 Å². The molecule has 0 amide bonds. The topological polar surface area (TPSA) is 12.0 Å². The summed E-state index contributed by atoms with van der Waals surface area (Å²) in [6.07, 6.45) is 0. The van der Waals surface area contributed by atoms with Gasteiger partial charge in [-0.2, -0.15) is 0 Å². The first-order chi connectivity index (χ1) is 9.01. The summed E-state index contributed by atoms with van der Waals surface area (Å²) in [5.74, 6) is -0.231. The fraction of sp³-hybridized carbons (Fsp3) is 0.250. The number of hydrogen-bond donors (Lipinski definition) is 1. The van der Waals surface area contributed by atoms with Crippen LogP contribution in [0.15, 0.2) is 40.9 Å². The molecule has 0 spiro atoms. The Bertz CT molecular complexity index is 575. The Kier molecular flexibility index (Phi) is 4.38. The van der Waals surface area contributed by atoms with Gasteiger partial charge in [-0.05, 0) is 44.2 Å². The fourth-order valence-corrected chi connectivity index (χ4v) is 2.99. The van der Waals surface area contributed by atoms with Crippen LogP contribution in [0.1, 0.15) is 28.3 Å². The van der Waals surface area contributed by atoms with Gasteiger partial charge in [-0.25, -0.2) is 4.39 Å². The Labute approximate surface area is 122 Å². The van der Waals surface area contributed by atoms with E-state index in [9.17, 15) is 4.39 Å². The molecule has 0 aliphatic carbocycles. The first-order valence-corrected chi connectivity index (χ1v) is 7.01. The van der Waals surface area contributed by atoms with Gasteiger partial charge in [0.05, 0.1) is 6.04 Å². The van der Waals surface area contributed by atoms with E-state index in [0.29, 0.717) is 0 Å². The minimum atomic E-state index is -0.231. The largest absolute Gasteiger partial charge is 0.309 e. The quantitative estimate of drug-likeness (QED) is 0.876. The normalized spacial score (nSPS) is 12.5. The van der Waals surface area contributed by atoms with Crippen molar-refractivity contribution >= 4 is 15.9 Å². The van der Waals surface area contributed by atoms with Crippen molar-refractivity contribution in [2.24, 2.45) is 0 Å². The third kappa shape index (κ3) is 3.23. The lowest BCUT2D eigenvalue weighted by molar-refractivity contribution is 0.621. The Morgan fingerprint density at radius 3 is 2.21 bits per heavy atom. The minimum absolute atomic E-state index is 0.0496. The fourth-order valence-electron chi connectivity index (χ4n) is 2.41. The molecule has 0 bridgehead atoms. The molecule has 1 N–H and O–H groups in total. The Morgan fingerprint density at radius 2 is 1.68 bits per heavy atom. The molecule has 0 heterocycles. The van der Waals surface area contributed by atoms with Crippen LogP contribution in [0.4, 0.5) is 4.39 Å². The van der Waals surface area contributed by atoms with Crippen LogP contribution in [0.25, 0.3) is 0 Å². The minimum Gasteiger partial charge on any atom is -0.309 e. The van der Waals surface area contributed by atoms with E-state index < -0.39 is 0 Å². The first-order valence-electron chi connectivity index (χ1n) is 6.21. The monoisotopic (exact) mass is 321 g/mol. The number of hydrogen-bond acceptors (Lipinski definition) is 1. The van der Waals surface area contributed by atoms with Crippen molar-refractivity contribution in [2.75, 3.05) is 7.05 Å². The van der Waals surface area contributed by atoms with Crippen molar-refractivity contribution in [1.82, 2.24) is 5.32 Å². The standard InChI is InChI=1S/C16H17BrFN/c1-10-6-11(2)8-12(7-10)16(19-3)14-5-4-13(18)9-15(14)17/h4-9,16,19H,1-3H3. The number of aryl methyl sites for hydroxylation is 2. The second-order valence-electron chi connectivity index (χ2n) is 4.81. The van der Waals surface area contributed by atoms with Crippen molar-refractivity contribution in [3.8, 4) is 0 Å². The zero-order chi connectivity index (χ0) is 14.0. The summed E-state index contributed by atoms with van der Waals surface area (Å²) in [5, 5.41) is 3.30. The number of nitrogens with one attached hydrogen (secondary N) is 1. The van der Waals surface area contributed by atoms with Crippen molar-refractivity contribution in [3.63, 3.8) is 0 Å². The molecule has 2 aromatic rings. The van der Waals surface area contributed by atoms with Gasteiger partial charge >= 0.3 is 0 Å². The summed E-state index contributed by atoms with van der Waals surface area (Å²) in [6, 6.07) is 11.3. The zero-order valence-electron chi connectivity index (χ0n) is 11.3. The van der Waals surface area contributed by atoms with Crippen molar-refractivity contribution in [2.45, 2.75) is 19.9 Å². The van der Waals surface area contributed by atoms with Gasteiger partial charge in [0.1, 0.15) is 5.82 Å². The van der Waals surface area contributed by atoms with E-state index in [0.717, 1.165) is 10.0 Å². The van der Waals surface area contributed by atoms with Crippen LogP contribution in [0.3, 0.4) is 0 Å². The third-order valence-corrected chi connectivity index (χ3v) is 3.83. The molecule has 0 fully saturated rings.